The highest BCUT2D eigenvalue weighted by molar-refractivity contribution is 5.68. The minimum atomic E-state index is -0.931. The molecule has 0 aliphatic carbocycles. The number of rotatable bonds is 4. The van der Waals surface area contributed by atoms with Gasteiger partial charge in [-0.2, -0.15) is 0 Å². The van der Waals surface area contributed by atoms with Crippen LogP contribution >= 0.6 is 0 Å². The van der Waals surface area contributed by atoms with Gasteiger partial charge in [0, 0.05) is 23.6 Å². The quantitative estimate of drug-likeness (QED) is 0.847. The Morgan fingerprint density at radius 2 is 2.39 bits per heavy atom. The first-order valence-electron chi connectivity index (χ1n) is 5.86. The molecular formula is C13H17NO4. The van der Waals surface area contributed by atoms with E-state index in [1.54, 1.807) is 13.2 Å². The van der Waals surface area contributed by atoms with Gasteiger partial charge in [-0.05, 0) is 19.1 Å². The van der Waals surface area contributed by atoms with E-state index in [0.717, 1.165) is 17.7 Å². The molecule has 0 amide bonds. The van der Waals surface area contributed by atoms with Gasteiger partial charge in [-0.15, -0.1) is 0 Å². The number of fused-ring (bicyclic) bond motifs is 1. The molecule has 1 aliphatic heterocycles. The standard InChI is InChI=1S/C13H17NO4/c1-7-3-8-4-12(17-2)9(5-11(8)18-7)10(14)6-13(15)16/h4-5,7,10H,3,6,14H2,1-2H3,(H,15,16). The Bertz CT molecular complexity index is 472. The minimum absolute atomic E-state index is 0.134. The average Bonchev–Trinajstić information content (AvgIpc) is 2.65. The number of nitrogens with two attached hydrogens (primary N) is 1. The highest BCUT2D eigenvalue weighted by Crippen LogP contribution is 2.37. The van der Waals surface area contributed by atoms with E-state index >= 15 is 0 Å². The van der Waals surface area contributed by atoms with Gasteiger partial charge < -0.3 is 20.3 Å². The number of carboxylic acids is 1. The smallest absolute Gasteiger partial charge is 0.305 e. The zero-order valence-corrected chi connectivity index (χ0v) is 10.5. The zero-order chi connectivity index (χ0) is 13.3. The molecule has 0 radical (unpaired) electrons. The molecule has 0 saturated carbocycles. The van der Waals surface area contributed by atoms with Crippen LogP contribution in [0.5, 0.6) is 11.5 Å². The van der Waals surface area contributed by atoms with Gasteiger partial charge >= 0.3 is 5.97 Å². The molecule has 1 heterocycles. The molecule has 5 heteroatoms. The molecule has 1 aromatic rings. The lowest BCUT2D eigenvalue weighted by Gasteiger charge is -2.15. The van der Waals surface area contributed by atoms with Crippen molar-refractivity contribution in [3.63, 3.8) is 0 Å². The second kappa shape index (κ2) is 4.86. The van der Waals surface area contributed by atoms with Crippen LogP contribution in [0.25, 0.3) is 0 Å². The minimum Gasteiger partial charge on any atom is -0.496 e. The lowest BCUT2D eigenvalue weighted by molar-refractivity contribution is -0.137. The van der Waals surface area contributed by atoms with Gasteiger partial charge in [0.25, 0.3) is 0 Å². The van der Waals surface area contributed by atoms with Crippen molar-refractivity contribution in [2.75, 3.05) is 7.11 Å². The Labute approximate surface area is 106 Å². The van der Waals surface area contributed by atoms with E-state index in [-0.39, 0.29) is 12.5 Å². The van der Waals surface area contributed by atoms with E-state index in [4.69, 9.17) is 20.3 Å². The maximum absolute atomic E-state index is 10.7. The summed E-state index contributed by atoms with van der Waals surface area (Å²) in [6.07, 6.45) is 0.834. The van der Waals surface area contributed by atoms with Crippen molar-refractivity contribution in [2.45, 2.75) is 31.9 Å². The van der Waals surface area contributed by atoms with Gasteiger partial charge in [-0.25, -0.2) is 0 Å². The summed E-state index contributed by atoms with van der Waals surface area (Å²) < 4.78 is 10.9. The van der Waals surface area contributed by atoms with Gasteiger partial charge in [-0.1, -0.05) is 0 Å². The summed E-state index contributed by atoms with van der Waals surface area (Å²) in [4.78, 5) is 10.7. The van der Waals surface area contributed by atoms with Crippen molar-refractivity contribution in [1.82, 2.24) is 0 Å². The third-order valence-electron chi connectivity index (χ3n) is 3.04. The number of hydrogen-bond acceptors (Lipinski definition) is 4. The van der Waals surface area contributed by atoms with E-state index in [1.807, 2.05) is 13.0 Å². The van der Waals surface area contributed by atoms with Gasteiger partial charge in [0.1, 0.15) is 17.6 Å². The molecule has 0 spiro atoms. The maximum atomic E-state index is 10.7. The first kappa shape index (κ1) is 12.7. The predicted octanol–water partition coefficient (Wildman–Crippen LogP) is 1.49. The van der Waals surface area contributed by atoms with Crippen LogP contribution in [0.15, 0.2) is 12.1 Å². The van der Waals surface area contributed by atoms with Crippen LogP contribution in [0.3, 0.4) is 0 Å². The number of aliphatic carboxylic acids is 1. The summed E-state index contributed by atoms with van der Waals surface area (Å²) in [7, 11) is 1.55. The lowest BCUT2D eigenvalue weighted by Crippen LogP contribution is -2.16. The normalized spacial score (nSPS) is 18.9. The number of ether oxygens (including phenoxy) is 2. The van der Waals surface area contributed by atoms with Crippen molar-refractivity contribution in [1.29, 1.82) is 0 Å². The molecule has 2 rings (SSSR count). The second-order valence-electron chi connectivity index (χ2n) is 4.54. The Hall–Kier alpha value is -1.75. The first-order chi connectivity index (χ1) is 8.51. The molecule has 2 atom stereocenters. The molecule has 5 nitrogen and oxygen atoms in total. The molecule has 0 aromatic heterocycles. The number of carbonyl (C=O) groups is 1. The van der Waals surface area contributed by atoms with Crippen molar-refractivity contribution in [2.24, 2.45) is 5.73 Å². The van der Waals surface area contributed by atoms with Crippen LogP contribution in [0.4, 0.5) is 0 Å². The molecule has 2 unspecified atom stereocenters. The van der Waals surface area contributed by atoms with Crippen molar-refractivity contribution in [3.8, 4) is 11.5 Å². The molecule has 0 bridgehead atoms. The molecule has 0 saturated heterocycles. The Kier molecular flexibility index (Phi) is 3.43. The summed E-state index contributed by atoms with van der Waals surface area (Å²) in [6, 6.07) is 3.09. The predicted molar refractivity (Wildman–Crippen MR) is 66.0 cm³/mol. The van der Waals surface area contributed by atoms with Crippen LogP contribution in [0.2, 0.25) is 0 Å². The Morgan fingerprint density at radius 1 is 1.67 bits per heavy atom. The average molecular weight is 251 g/mol. The fraction of sp³-hybridized carbons (Fsp3) is 0.462. The Balaban J connectivity index is 2.35. The number of carboxylic acid groups (broad SMARTS) is 1. The molecule has 3 N–H and O–H groups in total. The van der Waals surface area contributed by atoms with Gasteiger partial charge in [0.2, 0.25) is 0 Å². The molecule has 0 fully saturated rings. The second-order valence-corrected chi connectivity index (χ2v) is 4.54. The third-order valence-corrected chi connectivity index (χ3v) is 3.04. The largest absolute Gasteiger partial charge is 0.496 e. The number of methoxy groups -OCH3 is 1. The van der Waals surface area contributed by atoms with E-state index in [9.17, 15) is 4.79 Å². The fourth-order valence-electron chi connectivity index (χ4n) is 2.22. The third kappa shape index (κ3) is 2.41. The highest BCUT2D eigenvalue weighted by atomic mass is 16.5. The SMILES string of the molecule is COc1cc2c(cc1C(N)CC(=O)O)OC(C)C2. The number of benzene rings is 1. The molecular weight excluding hydrogens is 234 g/mol. The van der Waals surface area contributed by atoms with E-state index in [2.05, 4.69) is 0 Å². The van der Waals surface area contributed by atoms with Gasteiger partial charge in [0.05, 0.1) is 13.5 Å². The van der Waals surface area contributed by atoms with Crippen LogP contribution in [0, 0.1) is 0 Å². The number of hydrogen-bond donors (Lipinski definition) is 2. The van der Waals surface area contributed by atoms with Crippen molar-refractivity contribution in [3.05, 3.63) is 23.3 Å². The maximum Gasteiger partial charge on any atom is 0.305 e. The molecule has 1 aliphatic rings. The van der Waals surface area contributed by atoms with E-state index in [0.29, 0.717) is 11.3 Å². The summed E-state index contributed by atoms with van der Waals surface area (Å²) in [5.74, 6) is 0.471. The molecule has 18 heavy (non-hydrogen) atoms. The van der Waals surface area contributed by atoms with E-state index in [1.165, 1.54) is 0 Å². The summed E-state index contributed by atoms with van der Waals surface area (Å²) >= 11 is 0. The lowest BCUT2D eigenvalue weighted by atomic mass is 10.00. The van der Waals surface area contributed by atoms with Crippen molar-refractivity contribution >= 4 is 5.97 Å². The zero-order valence-electron chi connectivity index (χ0n) is 10.5. The summed E-state index contributed by atoms with van der Waals surface area (Å²) in [5, 5.41) is 8.79. The fourth-order valence-corrected chi connectivity index (χ4v) is 2.22. The van der Waals surface area contributed by atoms with Crippen LogP contribution in [0.1, 0.15) is 30.5 Å². The monoisotopic (exact) mass is 251 g/mol. The van der Waals surface area contributed by atoms with Gasteiger partial charge in [-0.3, -0.25) is 4.79 Å². The van der Waals surface area contributed by atoms with E-state index < -0.39 is 12.0 Å². The first-order valence-corrected chi connectivity index (χ1v) is 5.86. The molecule has 98 valence electrons. The van der Waals surface area contributed by atoms with Crippen LogP contribution in [-0.4, -0.2) is 24.3 Å². The van der Waals surface area contributed by atoms with Gasteiger partial charge in [0.15, 0.2) is 0 Å². The van der Waals surface area contributed by atoms with Crippen molar-refractivity contribution < 1.29 is 19.4 Å². The summed E-state index contributed by atoms with van der Waals surface area (Å²) in [6.45, 7) is 1.99. The van der Waals surface area contributed by atoms with Crippen LogP contribution < -0.4 is 15.2 Å². The van der Waals surface area contributed by atoms with Crippen LogP contribution in [-0.2, 0) is 11.2 Å². The highest BCUT2D eigenvalue weighted by Gasteiger charge is 2.24. The Morgan fingerprint density at radius 3 is 3.00 bits per heavy atom. The topological polar surface area (TPSA) is 81.8 Å². The summed E-state index contributed by atoms with van der Waals surface area (Å²) in [5.41, 5.74) is 7.63. The molecule has 1 aromatic carbocycles.